The maximum absolute atomic E-state index is 12.7. The van der Waals surface area contributed by atoms with Crippen LogP contribution in [0.4, 0.5) is 13.2 Å². The summed E-state index contributed by atoms with van der Waals surface area (Å²) in [6.45, 7) is 2.05. The average Bonchev–Trinajstić information content (AvgIpc) is 2.38. The van der Waals surface area contributed by atoms with E-state index in [9.17, 15) is 23.5 Å². The van der Waals surface area contributed by atoms with E-state index in [1.165, 1.54) is 0 Å². The van der Waals surface area contributed by atoms with Crippen molar-refractivity contribution >= 4 is 0 Å². The minimum Gasteiger partial charge on any atom is -0.388 e. The largest absolute Gasteiger partial charge is 0.391 e. The molecule has 0 bridgehead atoms. The van der Waals surface area contributed by atoms with Crippen LogP contribution in [0.2, 0.25) is 0 Å². The van der Waals surface area contributed by atoms with E-state index in [1.54, 1.807) is 0 Å². The molecule has 2 fully saturated rings. The van der Waals surface area contributed by atoms with E-state index in [4.69, 9.17) is 0 Å². The number of aliphatic hydroxyl groups is 1. The third-order valence-corrected chi connectivity index (χ3v) is 5.38. The van der Waals surface area contributed by atoms with E-state index < -0.39 is 23.1 Å². The Morgan fingerprint density at radius 1 is 1.15 bits per heavy atom. The van der Waals surface area contributed by atoms with Crippen molar-refractivity contribution in [2.24, 2.45) is 17.3 Å². The van der Waals surface area contributed by atoms with Gasteiger partial charge in [0.15, 0.2) is 0 Å². The Bertz CT molecular complexity index is 393. The molecule has 2 saturated carbocycles. The molecule has 114 valence electrons. The van der Waals surface area contributed by atoms with Crippen molar-refractivity contribution in [1.82, 2.24) is 0 Å². The number of halogens is 3. The highest BCUT2D eigenvalue weighted by Crippen LogP contribution is 2.54. The fourth-order valence-electron chi connectivity index (χ4n) is 4.08. The van der Waals surface area contributed by atoms with E-state index >= 15 is 0 Å². The van der Waals surface area contributed by atoms with E-state index in [0.29, 0.717) is 18.8 Å². The van der Waals surface area contributed by atoms with Crippen molar-refractivity contribution < 1.29 is 18.3 Å². The lowest BCUT2D eigenvalue weighted by Gasteiger charge is -2.49. The van der Waals surface area contributed by atoms with Crippen molar-refractivity contribution in [2.75, 3.05) is 0 Å². The lowest BCUT2D eigenvalue weighted by atomic mass is 9.57. The third-order valence-electron chi connectivity index (χ3n) is 5.38. The highest BCUT2D eigenvalue weighted by molar-refractivity contribution is 5.14. The quantitative estimate of drug-likeness (QED) is 0.786. The molecule has 0 aromatic carbocycles. The summed E-state index contributed by atoms with van der Waals surface area (Å²) in [5.41, 5.74) is -2.08. The van der Waals surface area contributed by atoms with Gasteiger partial charge in [-0.25, -0.2) is 0 Å². The molecule has 0 saturated heterocycles. The summed E-state index contributed by atoms with van der Waals surface area (Å²) in [6, 6.07) is 2.28. The molecule has 0 amide bonds. The Labute approximate surface area is 118 Å². The Morgan fingerprint density at radius 3 is 2.20 bits per heavy atom. The molecule has 0 aromatic rings. The first-order valence-corrected chi connectivity index (χ1v) is 7.43. The highest BCUT2D eigenvalue weighted by atomic mass is 19.4. The summed E-state index contributed by atoms with van der Waals surface area (Å²) in [4.78, 5) is 0. The second kappa shape index (κ2) is 5.22. The summed E-state index contributed by atoms with van der Waals surface area (Å²) < 4.78 is 38.2. The highest BCUT2D eigenvalue weighted by Gasteiger charge is 2.55. The van der Waals surface area contributed by atoms with Crippen LogP contribution >= 0.6 is 0 Å². The van der Waals surface area contributed by atoms with Crippen molar-refractivity contribution in [3.8, 4) is 6.07 Å². The van der Waals surface area contributed by atoms with Gasteiger partial charge in [0.2, 0.25) is 0 Å². The first-order chi connectivity index (χ1) is 9.22. The number of alkyl halides is 3. The molecule has 1 N–H and O–H groups in total. The van der Waals surface area contributed by atoms with Gasteiger partial charge >= 0.3 is 6.18 Å². The van der Waals surface area contributed by atoms with Crippen LogP contribution in [-0.4, -0.2) is 16.9 Å². The summed E-state index contributed by atoms with van der Waals surface area (Å²) in [6.07, 6.45) is -0.979. The maximum Gasteiger partial charge on any atom is 0.391 e. The molecule has 0 aromatic heterocycles. The first kappa shape index (κ1) is 15.6. The van der Waals surface area contributed by atoms with Gasteiger partial charge in [-0.2, -0.15) is 18.4 Å². The zero-order valence-corrected chi connectivity index (χ0v) is 11.8. The minimum absolute atomic E-state index is 0.0577. The molecule has 2 aliphatic rings. The second-order valence-corrected chi connectivity index (χ2v) is 6.74. The predicted octanol–water partition coefficient (Wildman–Crippen LogP) is 4.19. The van der Waals surface area contributed by atoms with E-state index in [0.717, 1.165) is 12.8 Å². The van der Waals surface area contributed by atoms with Crippen LogP contribution in [-0.2, 0) is 0 Å². The maximum atomic E-state index is 12.7. The fraction of sp³-hybridized carbons (Fsp3) is 0.933. The third kappa shape index (κ3) is 2.67. The molecule has 2 unspecified atom stereocenters. The van der Waals surface area contributed by atoms with Crippen molar-refractivity contribution in [3.05, 3.63) is 0 Å². The predicted molar refractivity (Wildman–Crippen MR) is 68.6 cm³/mol. The average molecular weight is 289 g/mol. The van der Waals surface area contributed by atoms with Crippen LogP contribution in [0.3, 0.4) is 0 Å². The Hall–Kier alpha value is -0.760. The van der Waals surface area contributed by atoms with Crippen LogP contribution in [0.1, 0.15) is 58.3 Å². The molecule has 5 heteroatoms. The number of nitrogens with zero attached hydrogens (tertiary/aromatic N) is 1. The monoisotopic (exact) mass is 289 g/mol. The molecule has 2 aliphatic carbocycles. The van der Waals surface area contributed by atoms with Gasteiger partial charge < -0.3 is 5.11 Å². The molecular weight excluding hydrogens is 267 g/mol. The lowest BCUT2D eigenvalue weighted by molar-refractivity contribution is -0.202. The lowest BCUT2D eigenvalue weighted by Crippen LogP contribution is -2.52. The van der Waals surface area contributed by atoms with Gasteiger partial charge in [-0.3, -0.25) is 0 Å². The molecule has 2 nitrogen and oxygen atoms in total. The Morgan fingerprint density at radius 2 is 1.75 bits per heavy atom. The van der Waals surface area contributed by atoms with E-state index in [1.807, 2.05) is 0 Å². The van der Waals surface area contributed by atoms with Crippen LogP contribution in [0.15, 0.2) is 0 Å². The van der Waals surface area contributed by atoms with Gasteiger partial charge in [-0.05, 0) is 44.4 Å². The summed E-state index contributed by atoms with van der Waals surface area (Å²) in [5.74, 6) is -0.965. The molecule has 0 radical (unpaired) electrons. The van der Waals surface area contributed by atoms with Crippen molar-refractivity contribution in [1.29, 1.82) is 5.26 Å². The van der Waals surface area contributed by atoms with Gasteiger partial charge in [0.1, 0.15) is 0 Å². The molecule has 0 spiro atoms. The van der Waals surface area contributed by atoms with Crippen molar-refractivity contribution in [2.45, 2.75) is 70.1 Å². The fourth-order valence-corrected chi connectivity index (χ4v) is 4.08. The SMILES string of the molecule is CC1CCCC(C#N)(C2(O)CCC(C(F)(F)F)CC2)C1. The minimum atomic E-state index is -4.18. The van der Waals surface area contributed by atoms with Crippen LogP contribution in [0.5, 0.6) is 0 Å². The number of nitriles is 1. The molecule has 2 rings (SSSR count). The van der Waals surface area contributed by atoms with Gasteiger partial charge in [-0.15, -0.1) is 0 Å². The van der Waals surface area contributed by atoms with Crippen LogP contribution < -0.4 is 0 Å². The summed E-state index contributed by atoms with van der Waals surface area (Å²) >= 11 is 0. The van der Waals surface area contributed by atoms with Crippen LogP contribution in [0, 0.1) is 28.6 Å². The zero-order chi connectivity index (χ0) is 15.0. The molecule has 2 atom stereocenters. The van der Waals surface area contributed by atoms with Gasteiger partial charge in [0.25, 0.3) is 0 Å². The normalized spacial score (nSPS) is 43.0. The smallest absolute Gasteiger partial charge is 0.388 e. The van der Waals surface area contributed by atoms with Crippen molar-refractivity contribution in [3.63, 3.8) is 0 Å². The Kier molecular flexibility index (Phi) is 4.07. The molecule has 0 aliphatic heterocycles. The summed E-state index contributed by atoms with van der Waals surface area (Å²) in [5, 5.41) is 20.4. The van der Waals surface area contributed by atoms with Gasteiger partial charge in [0.05, 0.1) is 23.0 Å². The second-order valence-electron chi connectivity index (χ2n) is 6.74. The number of hydrogen-bond acceptors (Lipinski definition) is 2. The number of hydrogen-bond donors (Lipinski definition) is 1. The molecular formula is C15H22F3NO. The molecule has 0 heterocycles. The van der Waals surface area contributed by atoms with Gasteiger partial charge in [-0.1, -0.05) is 19.8 Å². The standard InChI is InChI=1S/C15H22F3NO/c1-11-3-2-6-13(9-11,10-19)14(20)7-4-12(5-8-14)15(16,17)18/h11-12,20H,2-9H2,1H3. The summed E-state index contributed by atoms with van der Waals surface area (Å²) in [7, 11) is 0. The zero-order valence-electron chi connectivity index (χ0n) is 11.8. The molecule has 20 heavy (non-hydrogen) atoms. The van der Waals surface area contributed by atoms with E-state index in [2.05, 4.69) is 13.0 Å². The topological polar surface area (TPSA) is 44.0 Å². The Balaban J connectivity index is 2.14. The number of rotatable bonds is 1. The van der Waals surface area contributed by atoms with E-state index in [-0.39, 0.29) is 25.7 Å². The van der Waals surface area contributed by atoms with Gasteiger partial charge in [0, 0.05) is 0 Å². The first-order valence-electron chi connectivity index (χ1n) is 7.43. The van der Waals surface area contributed by atoms with Crippen LogP contribution in [0.25, 0.3) is 0 Å².